The number of nitrogens with one attached hydrogen (secondary N) is 1. The van der Waals surface area contributed by atoms with Gasteiger partial charge in [0.2, 0.25) is 0 Å². The minimum absolute atomic E-state index is 0.0724. The summed E-state index contributed by atoms with van der Waals surface area (Å²) < 4.78 is 0. The molecule has 0 aliphatic carbocycles. The SMILES string of the molecule is CC(C)N1CC(Nc2cc(C(C)(C)C)ncn2)C1. The summed E-state index contributed by atoms with van der Waals surface area (Å²) in [5, 5.41) is 3.48. The molecule has 0 spiro atoms. The summed E-state index contributed by atoms with van der Waals surface area (Å²) in [6.07, 6.45) is 1.65. The topological polar surface area (TPSA) is 41.0 Å². The van der Waals surface area contributed by atoms with Gasteiger partial charge in [-0.1, -0.05) is 20.8 Å². The van der Waals surface area contributed by atoms with E-state index in [1.807, 2.05) is 0 Å². The van der Waals surface area contributed by atoms with Gasteiger partial charge < -0.3 is 5.32 Å². The average Bonchev–Trinajstić information content (AvgIpc) is 2.21. The van der Waals surface area contributed by atoms with Crippen molar-refractivity contribution in [3.8, 4) is 0 Å². The maximum absolute atomic E-state index is 4.34. The van der Waals surface area contributed by atoms with Gasteiger partial charge in [0.15, 0.2) is 0 Å². The molecule has 1 aromatic rings. The first-order valence-electron chi connectivity index (χ1n) is 6.69. The lowest BCUT2D eigenvalue weighted by Crippen LogP contribution is -2.57. The Morgan fingerprint density at radius 2 is 1.94 bits per heavy atom. The van der Waals surface area contributed by atoms with Crippen LogP contribution in [-0.4, -0.2) is 40.0 Å². The first-order valence-corrected chi connectivity index (χ1v) is 6.69. The van der Waals surface area contributed by atoms with Crippen molar-refractivity contribution in [3.05, 3.63) is 18.1 Å². The van der Waals surface area contributed by atoms with Gasteiger partial charge in [0.1, 0.15) is 12.1 Å². The van der Waals surface area contributed by atoms with E-state index in [2.05, 4.69) is 60.9 Å². The first kappa shape index (κ1) is 13.3. The third-order valence-electron chi connectivity index (χ3n) is 3.43. The molecule has 0 radical (unpaired) electrons. The van der Waals surface area contributed by atoms with Crippen LogP contribution < -0.4 is 5.32 Å². The van der Waals surface area contributed by atoms with Crippen molar-refractivity contribution < 1.29 is 0 Å². The molecule has 2 rings (SSSR count). The zero-order valence-corrected chi connectivity index (χ0v) is 12.1. The Bertz CT molecular complexity index is 403. The fraction of sp³-hybridized carbons (Fsp3) is 0.714. The second-order valence-electron chi connectivity index (χ2n) is 6.43. The summed E-state index contributed by atoms with van der Waals surface area (Å²) in [7, 11) is 0. The van der Waals surface area contributed by atoms with Crippen LogP contribution in [0.2, 0.25) is 0 Å². The average molecular weight is 248 g/mol. The predicted molar refractivity (Wildman–Crippen MR) is 74.9 cm³/mol. The van der Waals surface area contributed by atoms with Crippen LogP contribution >= 0.6 is 0 Å². The molecule has 18 heavy (non-hydrogen) atoms. The molecule has 4 nitrogen and oxygen atoms in total. The molecule has 1 saturated heterocycles. The molecule has 0 bridgehead atoms. The molecule has 0 amide bonds. The van der Waals surface area contributed by atoms with Crippen LogP contribution in [0.25, 0.3) is 0 Å². The highest BCUT2D eigenvalue weighted by atomic mass is 15.3. The monoisotopic (exact) mass is 248 g/mol. The largest absolute Gasteiger partial charge is 0.365 e. The van der Waals surface area contributed by atoms with Gasteiger partial charge in [0.05, 0.1) is 11.7 Å². The Labute approximate surface area is 110 Å². The fourth-order valence-electron chi connectivity index (χ4n) is 2.08. The lowest BCUT2D eigenvalue weighted by molar-refractivity contribution is 0.122. The van der Waals surface area contributed by atoms with E-state index in [1.54, 1.807) is 6.33 Å². The fourth-order valence-corrected chi connectivity index (χ4v) is 2.08. The van der Waals surface area contributed by atoms with Crippen LogP contribution in [0.5, 0.6) is 0 Å². The number of likely N-dealkylation sites (tertiary alicyclic amines) is 1. The molecule has 1 aliphatic rings. The molecule has 0 aromatic carbocycles. The van der Waals surface area contributed by atoms with Crippen molar-refractivity contribution in [1.82, 2.24) is 14.9 Å². The second-order valence-corrected chi connectivity index (χ2v) is 6.43. The molecule has 0 saturated carbocycles. The first-order chi connectivity index (χ1) is 8.36. The Balaban J connectivity index is 1.95. The van der Waals surface area contributed by atoms with Crippen molar-refractivity contribution in [1.29, 1.82) is 0 Å². The maximum Gasteiger partial charge on any atom is 0.129 e. The summed E-state index contributed by atoms with van der Waals surface area (Å²) in [5.74, 6) is 0.948. The Kier molecular flexibility index (Phi) is 3.57. The van der Waals surface area contributed by atoms with E-state index in [0.717, 1.165) is 24.6 Å². The van der Waals surface area contributed by atoms with Crippen LogP contribution in [0.3, 0.4) is 0 Å². The minimum atomic E-state index is 0.0724. The molecule has 4 heteroatoms. The van der Waals surface area contributed by atoms with Crippen molar-refractivity contribution >= 4 is 5.82 Å². The van der Waals surface area contributed by atoms with Gasteiger partial charge in [-0.25, -0.2) is 9.97 Å². The number of hydrogen-bond donors (Lipinski definition) is 1. The Morgan fingerprint density at radius 1 is 1.28 bits per heavy atom. The number of hydrogen-bond acceptors (Lipinski definition) is 4. The minimum Gasteiger partial charge on any atom is -0.365 e. The number of anilines is 1. The number of aromatic nitrogens is 2. The van der Waals surface area contributed by atoms with Crippen LogP contribution in [0.15, 0.2) is 12.4 Å². The smallest absolute Gasteiger partial charge is 0.129 e. The van der Waals surface area contributed by atoms with Crippen molar-refractivity contribution in [2.75, 3.05) is 18.4 Å². The van der Waals surface area contributed by atoms with E-state index in [4.69, 9.17) is 0 Å². The highest BCUT2D eigenvalue weighted by Crippen LogP contribution is 2.22. The van der Waals surface area contributed by atoms with Gasteiger partial charge >= 0.3 is 0 Å². The van der Waals surface area contributed by atoms with Gasteiger partial charge in [-0.3, -0.25) is 4.90 Å². The van der Waals surface area contributed by atoms with Gasteiger partial charge in [0, 0.05) is 30.6 Å². The zero-order valence-electron chi connectivity index (χ0n) is 12.1. The number of nitrogens with zero attached hydrogens (tertiary/aromatic N) is 3. The second kappa shape index (κ2) is 4.84. The quantitative estimate of drug-likeness (QED) is 0.891. The maximum atomic E-state index is 4.34. The molecular weight excluding hydrogens is 224 g/mol. The standard InChI is InChI=1S/C14H24N4/c1-10(2)18-7-11(8-18)17-13-6-12(14(3,4)5)15-9-16-13/h6,9-11H,7-8H2,1-5H3,(H,15,16,17). The number of rotatable bonds is 3. The van der Waals surface area contributed by atoms with E-state index < -0.39 is 0 Å². The van der Waals surface area contributed by atoms with Crippen molar-refractivity contribution in [3.63, 3.8) is 0 Å². The Morgan fingerprint density at radius 3 is 2.50 bits per heavy atom. The Hall–Kier alpha value is -1.16. The zero-order chi connectivity index (χ0) is 13.3. The molecule has 1 N–H and O–H groups in total. The molecule has 1 aliphatic heterocycles. The van der Waals surface area contributed by atoms with E-state index in [0.29, 0.717) is 12.1 Å². The van der Waals surface area contributed by atoms with Crippen LogP contribution in [0.4, 0.5) is 5.82 Å². The van der Waals surface area contributed by atoms with Gasteiger partial charge in [-0.2, -0.15) is 0 Å². The molecule has 0 atom stereocenters. The molecule has 1 aromatic heterocycles. The highest BCUT2D eigenvalue weighted by molar-refractivity contribution is 5.38. The summed E-state index contributed by atoms with van der Waals surface area (Å²) in [5.41, 5.74) is 1.16. The summed E-state index contributed by atoms with van der Waals surface area (Å²) in [6, 6.07) is 3.23. The van der Waals surface area contributed by atoms with E-state index >= 15 is 0 Å². The van der Waals surface area contributed by atoms with E-state index in [9.17, 15) is 0 Å². The lowest BCUT2D eigenvalue weighted by Gasteiger charge is -2.42. The molecule has 0 unspecified atom stereocenters. The van der Waals surface area contributed by atoms with Crippen molar-refractivity contribution in [2.45, 2.75) is 52.1 Å². The highest BCUT2D eigenvalue weighted by Gasteiger charge is 2.28. The van der Waals surface area contributed by atoms with Crippen LogP contribution in [-0.2, 0) is 5.41 Å². The van der Waals surface area contributed by atoms with Crippen molar-refractivity contribution in [2.24, 2.45) is 0 Å². The third-order valence-corrected chi connectivity index (χ3v) is 3.43. The van der Waals surface area contributed by atoms with Crippen LogP contribution in [0.1, 0.15) is 40.3 Å². The van der Waals surface area contributed by atoms with Crippen LogP contribution in [0, 0.1) is 0 Å². The lowest BCUT2D eigenvalue weighted by atomic mass is 9.92. The molecular formula is C14H24N4. The predicted octanol–water partition coefficient (Wildman–Crippen LogP) is 2.28. The van der Waals surface area contributed by atoms with E-state index in [1.165, 1.54) is 0 Å². The van der Waals surface area contributed by atoms with Gasteiger partial charge in [-0.15, -0.1) is 0 Å². The molecule has 1 fully saturated rings. The molecule has 100 valence electrons. The normalized spacial score (nSPS) is 17.9. The summed E-state index contributed by atoms with van der Waals surface area (Å²) in [6.45, 7) is 13.2. The third kappa shape index (κ3) is 2.99. The van der Waals surface area contributed by atoms with E-state index in [-0.39, 0.29) is 5.41 Å². The molecule has 2 heterocycles. The summed E-state index contributed by atoms with van der Waals surface area (Å²) in [4.78, 5) is 11.1. The summed E-state index contributed by atoms with van der Waals surface area (Å²) >= 11 is 0. The van der Waals surface area contributed by atoms with Gasteiger partial charge in [0.25, 0.3) is 0 Å². The van der Waals surface area contributed by atoms with Gasteiger partial charge in [-0.05, 0) is 13.8 Å².